The molecule has 0 heterocycles. The van der Waals surface area contributed by atoms with E-state index in [0.29, 0.717) is 0 Å². The summed E-state index contributed by atoms with van der Waals surface area (Å²) in [6.07, 6.45) is 0. The highest BCUT2D eigenvalue weighted by Gasteiger charge is 2.33. The third kappa shape index (κ3) is 3.45. The lowest BCUT2D eigenvalue weighted by atomic mass is 9.90. The van der Waals surface area contributed by atoms with Crippen molar-refractivity contribution in [2.24, 2.45) is 11.7 Å². The first-order valence-electron chi connectivity index (χ1n) is 5.82. The standard InChI is InChI=1S/C12H18ClFN2O2S/c1-8(2)12(3,7-15)16-19(17,18)10-6-4-5-9(13)11(10)14/h4-6,8,16H,7,15H2,1-3H3. The van der Waals surface area contributed by atoms with Crippen molar-refractivity contribution in [3.05, 3.63) is 29.0 Å². The number of sulfonamides is 1. The first kappa shape index (κ1) is 16.4. The molecule has 0 amide bonds. The van der Waals surface area contributed by atoms with Crippen LogP contribution in [0, 0.1) is 11.7 Å². The molecule has 3 N–H and O–H groups in total. The molecule has 0 aliphatic rings. The normalized spacial score (nSPS) is 15.5. The molecule has 7 heteroatoms. The lowest BCUT2D eigenvalue weighted by Gasteiger charge is -2.33. The van der Waals surface area contributed by atoms with Crippen molar-refractivity contribution in [1.82, 2.24) is 4.72 Å². The average molecular weight is 309 g/mol. The van der Waals surface area contributed by atoms with Gasteiger partial charge in [0.1, 0.15) is 4.90 Å². The Morgan fingerprint density at radius 3 is 2.53 bits per heavy atom. The maximum atomic E-state index is 13.8. The van der Waals surface area contributed by atoms with E-state index < -0.39 is 26.3 Å². The van der Waals surface area contributed by atoms with E-state index in [1.807, 2.05) is 13.8 Å². The van der Waals surface area contributed by atoms with Gasteiger partial charge in [0.15, 0.2) is 5.82 Å². The highest BCUT2D eigenvalue weighted by atomic mass is 35.5. The summed E-state index contributed by atoms with van der Waals surface area (Å²) in [7, 11) is -4.02. The van der Waals surface area contributed by atoms with Crippen LogP contribution in [0.25, 0.3) is 0 Å². The molecule has 1 rings (SSSR count). The number of nitrogens with one attached hydrogen (secondary N) is 1. The molecule has 0 radical (unpaired) electrons. The van der Waals surface area contributed by atoms with E-state index >= 15 is 0 Å². The molecule has 0 spiro atoms. The van der Waals surface area contributed by atoms with Crippen molar-refractivity contribution in [3.8, 4) is 0 Å². The molecular weight excluding hydrogens is 291 g/mol. The first-order chi connectivity index (χ1) is 8.64. The van der Waals surface area contributed by atoms with Crippen molar-refractivity contribution in [1.29, 1.82) is 0 Å². The van der Waals surface area contributed by atoms with E-state index in [1.54, 1.807) is 6.92 Å². The highest BCUT2D eigenvalue weighted by molar-refractivity contribution is 7.89. The Morgan fingerprint density at radius 2 is 2.05 bits per heavy atom. The van der Waals surface area contributed by atoms with Crippen molar-refractivity contribution in [2.75, 3.05) is 6.54 Å². The van der Waals surface area contributed by atoms with Gasteiger partial charge in [0.2, 0.25) is 10.0 Å². The van der Waals surface area contributed by atoms with Crippen molar-refractivity contribution in [3.63, 3.8) is 0 Å². The SMILES string of the molecule is CC(C)C(C)(CN)NS(=O)(=O)c1cccc(Cl)c1F. The quantitative estimate of drug-likeness (QED) is 0.875. The van der Waals surface area contributed by atoms with Gasteiger partial charge in [-0.3, -0.25) is 0 Å². The van der Waals surface area contributed by atoms with Crippen LogP contribution in [0.3, 0.4) is 0 Å². The predicted octanol–water partition coefficient (Wildman–Crippen LogP) is 2.13. The number of nitrogens with two attached hydrogens (primary N) is 1. The fourth-order valence-corrected chi connectivity index (χ4v) is 3.33. The topological polar surface area (TPSA) is 72.2 Å². The van der Waals surface area contributed by atoms with Crippen LogP contribution >= 0.6 is 11.6 Å². The van der Waals surface area contributed by atoms with Gasteiger partial charge in [0, 0.05) is 12.1 Å². The highest BCUT2D eigenvalue weighted by Crippen LogP contribution is 2.24. The van der Waals surface area contributed by atoms with Gasteiger partial charge >= 0.3 is 0 Å². The Balaban J connectivity index is 3.22. The van der Waals surface area contributed by atoms with Gasteiger partial charge in [-0.25, -0.2) is 17.5 Å². The molecule has 1 aromatic rings. The van der Waals surface area contributed by atoms with Crippen LogP contribution in [0.5, 0.6) is 0 Å². The fraction of sp³-hybridized carbons (Fsp3) is 0.500. The Bertz CT molecular complexity index is 563. The third-order valence-corrected chi connectivity index (χ3v) is 5.19. The average Bonchev–Trinajstić information content (AvgIpc) is 2.31. The summed E-state index contributed by atoms with van der Waals surface area (Å²) in [5.41, 5.74) is 4.76. The van der Waals surface area contributed by atoms with Gasteiger partial charge in [0.05, 0.1) is 5.02 Å². The molecule has 4 nitrogen and oxygen atoms in total. The van der Waals surface area contributed by atoms with Crippen LogP contribution in [-0.4, -0.2) is 20.5 Å². The Labute approximate surface area is 118 Å². The molecule has 0 aromatic heterocycles. The second kappa shape index (κ2) is 5.75. The summed E-state index contributed by atoms with van der Waals surface area (Å²) in [5.74, 6) is -1.01. The first-order valence-corrected chi connectivity index (χ1v) is 7.68. The van der Waals surface area contributed by atoms with Gasteiger partial charge in [-0.15, -0.1) is 0 Å². The van der Waals surface area contributed by atoms with Crippen LogP contribution < -0.4 is 10.5 Å². The number of hydrogen-bond acceptors (Lipinski definition) is 3. The van der Waals surface area contributed by atoms with Crippen molar-refractivity contribution < 1.29 is 12.8 Å². The molecule has 108 valence electrons. The third-order valence-electron chi connectivity index (χ3n) is 3.27. The summed E-state index contributed by atoms with van der Waals surface area (Å²) in [5, 5.41) is -0.234. The summed E-state index contributed by atoms with van der Waals surface area (Å²) >= 11 is 5.60. The lowest BCUT2D eigenvalue weighted by molar-refractivity contribution is 0.314. The zero-order chi connectivity index (χ0) is 14.8. The molecule has 19 heavy (non-hydrogen) atoms. The molecule has 1 atom stereocenters. The van der Waals surface area contributed by atoms with Crippen LogP contribution in [0.2, 0.25) is 5.02 Å². The molecule has 0 aliphatic heterocycles. The molecule has 1 unspecified atom stereocenters. The second-order valence-corrected chi connectivity index (χ2v) is 6.99. The fourth-order valence-electron chi connectivity index (χ4n) is 1.45. The lowest BCUT2D eigenvalue weighted by Crippen LogP contribution is -2.54. The molecule has 0 fully saturated rings. The molecule has 0 aliphatic carbocycles. The van der Waals surface area contributed by atoms with E-state index in [2.05, 4.69) is 4.72 Å². The van der Waals surface area contributed by atoms with E-state index in [0.717, 1.165) is 0 Å². The van der Waals surface area contributed by atoms with Crippen LogP contribution in [0.15, 0.2) is 23.1 Å². The summed E-state index contributed by atoms with van der Waals surface area (Å²) in [6.45, 7) is 5.46. The van der Waals surface area contributed by atoms with E-state index in [4.69, 9.17) is 17.3 Å². The summed E-state index contributed by atoms with van der Waals surface area (Å²) in [6, 6.07) is 3.84. The number of hydrogen-bond donors (Lipinski definition) is 2. The van der Waals surface area contributed by atoms with Gasteiger partial charge < -0.3 is 5.73 Å². The maximum absolute atomic E-state index is 13.8. The van der Waals surface area contributed by atoms with Crippen molar-refractivity contribution in [2.45, 2.75) is 31.2 Å². The van der Waals surface area contributed by atoms with E-state index in [-0.39, 0.29) is 17.5 Å². The van der Waals surface area contributed by atoms with Crippen LogP contribution in [0.1, 0.15) is 20.8 Å². The largest absolute Gasteiger partial charge is 0.329 e. The number of halogens is 2. The van der Waals surface area contributed by atoms with Gasteiger partial charge in [-0.05, 0) is 25.0 Å². The van der Waals surface area contributed by atoms with Crippen LogP contribution in [-0.2, 0) is 10.0 Å². The minimum absolute atomic E-state index is 0.0467. The minimum atomic E-state index is -4.02. The smallest absolute Gasteiger partial charge is 0.244 e. The zero-order valence-corrected chi connectivity index (χ0v) is 12.6. The Hall–Kier alpha value is -0.690. The van der Waals surface area contributed by atoms with Gasteiger partial charge in [-0.2, -0.15) is 0 Å². The maximum Gasteiger partial charge on any atom is 0.244 e. The predicted molar refractivity (Wildman–Crippen MR) is 74.0 cm³/mol. The zero-order valence-electron chi connectivity index (χ0n) is 11.1. The molecule has 0 saturated carbocycles. The molecule has 0 saturated heterocycles. The Kier molecular flexibility index (Phi) is 4.95. The second-order valence-electron chi connectivity index (χ2n) is 4.93. The molecule has 1 aromatic carbocycles. The van der Waals surface area contributed by atoms with Crippen molar-refractivity contribution >= 4 is 21.6 Å². The number of rotatable bonds is 5. The Morgan fingerprint density at radius 1 is 1.47 bits per heavy atom. The monoisotopic (exact) mass is 308 g/mol. The van der Waals surface area contributed by atoms with E-state index in [1.165, 1.54) is 18.2 Å². The van der Waals surface area contributed by atoms with E-state index in [9.17, 15) is 12.8 Å². The number of benzene rings is 1. The summed E-state index contributed by atoms with van der Waals surface area (Å²) in [4.78, 5) is -0.472. The molecular formula is C12H18ClFN2O2S. The van der Waals surface area contributed by atoms with Gasteiger partial charge in [-0.1, -0.05) is 31.5 Å². The van der Waals surface area contributed by atoms with Crippen LogP contribution in [0.4, 0.5) is 4.39 Å². The van der Waals surface area contributed by atoms with Gasteiger partial charge in [0.25, 0.3) is 0 Å². The molecule has 0 bridgehead atoms. The minimum Gasteiger partial charge on any atom is -0.329 e. The summed E-state index contributed by atoms with van der Waals surface area (Å²) < 4.78 is 40.7.